The van der Waals surface area contributed by atoms with E-state index in [1.165, 1.54) is 6.26 Å². The minimum atomic E-state index is -1.57. The number of rotatable bonds is 4. The Morgan fingerprint density at radius 2 is 1.72 bits per heavy atom. The van der Waals surface area contributed by atoms with Gasteiger partial charge in [0.25, 0.3) is 0 Å². The molecular weight excluding hydrogens is 340 g/mol. The number of aliphatic hydroxyl groups is 6. The minimum Gasteiger partial charge on any atom is -0.472 e. The number of aliphatic hydroxyl groups excluding tert-OH is 6. The van der Waals surface area contributed by atoms with Crippen LogP contribution >= 0.6 is 0 Å². The average Bonchev–Trinajstić information content (AvgIpc) is 3.31. The predicted octanol–water partition coefficient (Wildman–Crippen LogP) is -3.59. The van der Waals surface area contributed by atoms with Crippen molar-refractivity contribution in [1.29, 1.82) is 0 Å². The highest BCUT2D eigenvalue weighted by Crippen LogP contribution is 2.59. The van der Waals surface area contributed by atoms with Crippen molar-refractivity contribution in [1.82, 2.24) is 0 Å². The van der Waals surface area contributed by atoms with E-state index < -0.39 is 67.3 Å². The van der Waals surface area contributed by atoms with Crippen molar-refractivity contribution in [3.05, 3.63) is 12.3 Å². The third-order valence-corrected chi connectivity index (χ3v) is 5.62. The molecule has 0 aromatic carbocycles. The van der Waals surface area contributed by atoms with Gasteiger partial charge < -0.3 is 49.6 Å². The Kier molecular flexibility index (Phi) is 4.30. The van der Waals surface area contributed by atoms with Gasteiger partial charge in [-0.1, -0.05) is 0 Å². The maximum atomic E-state index is 10.3. The van der Waals surface area contributed by atoms with E-state index in [1.807, 2.05) is 0 Å². The highest BCUT2D eigenvalue weighted by Gasteiger charge is 2.75. The van der Waals surface area contributed by atoms with E-state index >= 15 is 0 Å². The van der Waals surface area contributed by atoms with Gasteiger partial charge in [0.2, 0.25) is 6.29 Å². The van der Waals surface area contributed by atoms with Crippen LogP contribution in [0.15, 0.2) is 12.3 Å². The Morgan fingerprint density at radius 1 is 0.960 bits per heavy atom. The zero-order valence-corrected chi connectivity index (χ0v) is 13.2. The van der Waals surface area contributed by atoms with E-state index in [-0.39, 0.29) is 12.5 Å². The van der Waals surface area contributed by atoms with Gasteiger partial charge in [0, 0.05) is 5.92 Å². The summed E-state index contributed by atoms with van der Waals surface area (Å²) in [5.74, 6) is -0.913. The summed E-state index contributed by atoms with van der Waals surface area (Å²) in [6.07, 6.45) is -6.47. The van der Waals surface area contributed by atoms with Crippen molar-refractivity contribution < 1.29 is 49.6 Å². The normalized spacial score (nSPS) is 56.9. The number of epoxide rings is 1. The molecule has 10 heteroatoms. The first kappa shape index (κ1) is 17.6. The second kappa shape index (κ2) is 6.12. The van der Waals surface area contributed by atoms with Crippen LogP contribution in [0.3, 0.4) is 0 Å². The van der Waals surface area contributed by atoms with E-state index in [9.17, 15) is 30.6 Å². The molecule has 4 aliphatic rings. The summed E-state index contributed by atoms with van der Waals surface area (Å²) in [4.78, 5) is 0. The molecule has 3 aliphatic heterocycles. The van der Waals surface area contributed by atoms with Crippen LogP contribution in [0.2, 0.25) is 0 Å². The molecule has 10 nitrogen and oxygen atoms in total. The summed E-state index contributed by atoms with van der Waals surface area (Å²) in [5, 5.41) is 59.0. The Bertz CT molecular complexity index is 540. The quantitative estimate of drug-likeness (QED) is 0.276. The summed E-state index contributed by atoms with van der Waals surface area (Å²) in [5.41, 5.74) is -0.992. The van der Waals surface area contributed by atoms with Crippen LogP contribution in [0.25, 0.3) is 0 Å². The number of fused-ring (bicyclic) bond motifs is 3. The fourth-order valence-corrected chi connectivity index (χ4v) is 4.17. The van der Waals surface area contributed by atoms with Crippen molar-refractivity contribution in [3.8, 4) is 0 Å². The summed E-state index contributed by atoms with van der Waals surface area (Å²) < 4.78 is 21.9. The molecule has 1 saturated carbocycles. The Balaban J connectivity index is 1.53. The maximum Gasteiger partial charge on any atom is 0.208 e. The minimum absolute atomic E-state index is 0.332. The van der Waals surface area contributed by atoms with Gasteiger partial charge in [0.05, 0.1) is 31.5 Å². The lowest BCUT2D eigenvalue weighted by Gasteiger charge is -2.43. The van der Waals surface area contributed by atoms with Gasteiger partial charge in [-0.2, -0.15) is 0 Å². The van der Waals surface area contributed by atoms with Gasteiger partial charge in [-0.25, -0.2) is 0 Å². The molecule has 0 bridgehead atoms. The predicted molar refractivity (Wildman–Crippen MR) is 76.5 cm³/mol. The lowest BCUT2D eigenvalue weighted by Crippen LogP contribution is -2.60. The van der Waals surface area contributed by atoms with Gasteiger partial charge in [-0.05, 0) is 6.08 Å². The summed E-state index contributed by atoms with van der Waals surface area (Å²) in [7, 11) is 0. The topological polar surface area (TPSA) is 162 Å². The van der Waals surface area contributed by atoms with E-state index in [0.29, 0.717) is 0 Å². The first-order valence-electron chi connectivity index (χ1n) is 8.19. The fraction of sp³-hybridized carbons (Fsp3) is 0.867. The highest BCUT2D eigenvalue weighted by molar-refractivity contribution is 5.24. The first-order valence-corrected chi connectivity index (χ1v) is 8.19. The van der Waals surface area contributed by atoms with E-state index in [4.69, 9.17) is 18.9 Å². The lowest BCUT2D eigenvalue weighted by molar-refractivity contribution is -0.344. The molecule has 0 spiro atoms. The maximum absolute atomic E-state index is 10.3. The van der Waals surface area contributed by atoms with Gasteiger partial charge in [-0.3, -0.25) is 0 Å². The molecule has 6 N–H and O–H groups in total. The van der Waals surface area contributed by atoms with Gasteiger partial charge in [0.15, 0.2) is 6.29 Å². The number of hydrogen-bond donors (Lipinski definition) is 6. The molecule has 3 fully saturated rings. The third-order valence-electron chi connectivity index (χ3n) is 5.62. The second-order valence-corrected chi connectivity index (χ2v) is 6.91. The van der Waals surface area contributed by atoms with Gasteiger partial charge in [-0.15, -0.1) is 0 Å². The first-order chi connectivity index (χ1) is 11.9. The van der Waals surface area contributed by atoms with Crippen molar-refractivity contribution in [3.63, 3.8) is 0 Å². The van der Waals surface area contributed by atoms with Crippen LogP contribution in [0.4, 0.5) is 0 Å². The lowest BCUT2D eigenvalue weighted by atomic mass is 9.85. The van der Waals surface area contributed by atoms with Crippen LogP contribution in [0.5, 0.6) is 0 Å². The largest absolute Gasteiger partial charge is 0.472 e. The molecule has 4 unspecified atom stereocenters. The van der Waals surface area contributed by atoms with Crippen molar-refractivity contribution in [2.45, 2.75) is 54.8 Å². The molecule has 11 atom stereocenters. The molecule has 2 saturated heterocycles. The van der Waals surface area contributed by atoms with E-state index in [0.717, 1.165) is 0 Å². The molecule has 142 valence electrons. The summed E-state index contributed by atoms with van der Waals surface area (Å²) in [6, 6.07) is 0. The molecule has 0 aromatic rings. The zero-order chi connectivity index (χ0) is 17.9. The van der Waals surface area contributed by atoms with Crippen LogP contribution in [-0.2, 0) is 18.9 Å². The molecular formula is C15H22O10. The Morgan fingerprint density at radius 3 is 2.40 bits per heavy atom. The van der Waals surface area contributed by atoms with Crippen molar-refractivity contribution in [2.75, 3.05) is 13.2 Å². The molecule has 25 heavy (non-hydrogen) atoms. The number of hydrogen-bond acceptors (Lipinski definition) is 10. The molecule has 0 amide bonds. The second-order valence-electron chi connectivity index (χ2n) is 6.91. The standard InChI is InChI=1S/C15H22O10/c16-3-6-9(19)10(20)11(21)14(23-6)24-13-7-5(1-2-22-13)8(18)12-15(7,4-17)25-12/h1-2,5-14,16-21H,3-4H2/t5-,6?,7-,8+,9?,10+,11?,12+,13+,14?,15-/m1/s1. The smallest absolute Gasteiger partial charge is 0.208 e. The molecule has 3 heterocycles. The van der Waals surface area contributed by atoms with Gasteiger partial charge in [0.1, 0.15) is 36.1 Å². The third kappa shape index (κ3) is 2.45. The van der Waals surface area contributed by atoms with E-state index in [1.54, 1.807) is 6.08 Å². The molecule has 0 radical (unpaired) electrons. The molecule has 0 aromatic heterocycles. The fourth-order valence-electron chi connectivity index (χ4n) is 4.17. The van der Waals surface area contributed by atoms with Crippen molar-refractivity contribution >= 4 is 0 Å². The van der Waals surface area contributed by atoms with Crippen LogP contribution < -0.4 is 0 Å². The SMILES string of the molecule is OCC1OC(O[C@@H]2OC=C[C@H]3[C@H](O)[C@@H]4O[C@]4(CO)[C@@H]23)C(O)[C@@H](O)C1O. The van der Waals surface area contributed by atoms with E-state index in [2.05, 4.69) is 0 Å². The average molecular weight is 362 g/mol. The Labute approximate surface area is 142 Å². The highest BCUT2D eigenvalue weighted by atomic mass is 16.8. The number of ether oxygens (including phenoxy) is 4. The van der Waals surface area contributed by atoms with Crippen LogP contribution in [-0.4, -0.2) is 98.7 Å². The monoisotopic (exact) mass is 362 g/mol. The summed E-state index contributed by atoms with van der Waals surface area (Å²) in [6.45, 7) is -0.908. The van der Waals surface area contributed by atoms with Crippen molar-refractivity contribution in [2.24, 2.45) is 11.8 Å². The molecule has 4 rings (SSSR count). The molecule has 1 aliphatic carbocycles. The van der Waals surface area contributed by atoms with Crippen LogP contribution in [0, 0.1) is 11.8 Å². The zero-order valence-electron chi connectivity index (χ0n) is 13.2. The summed E-state index contributed by atoms with van der Waals surface area (Å²) >= 11 is 0. The van der Waals surface area contributed by atoms with Gasteiger partial charge >= 0.3 is 0 Å². The Hall–Kier alpha value is -0.820. The van der Waals surface area contributed by atoms with Crippen LogP contribution in [0.1, 0.15) is 0 Å².